The highest BCUT2D eigenvalue weighted by molar-refractivity contribution is 8.13. The molecule has 2 unspecified atom stereocenters. The minimum atomic E-state index is -1.16. The van der Waals surface area contributed by atoms with Crippen molar-refractivity contribution in [1.82, 2.24) is 0 Å². The van der Waals surface area contributed by atoms with E-state index in [1.807, 2.05) is 0 Å². The molecule has 0 bridgehead atoms. The van der Waals surface area contributed by atoms with Gasteiger partial charge < -0.3 is 21.1 Å². The Morgan fingerprint density at radius 2 is 2.12 bits per heavy atom. The van der Waals surface area contributed by atoms with Crippen LogP contribution in [0.3, 0.4) is 0 Å². The predicted molar refractivity (Wildman–Crippen MR) is 66.6 cm³/mol. The number of hydrogen-bond donors (Lipinski definition) is 4. The summed E-state index contributed by atoms with van der Waals surface area (Å²) in [6.45, 7) is 1.39. The largest absolute Gasteiger partial charge is 0.506 e. The molecule has 1 aromatic carbocycles. The third kappa shape index (κ3) is 3.92. The zero-order chi connectivity index (χ0) is 13.0. The van der Waals surface area contributed by atoms with Crippen LogP contribution in [0.5, 0.6) is 5.75 Å². The van der Waals surface area contributed by atoms with E-state index in [9.17, 15) is 20.1 Å². The lowest BCUT2D eigenvalue weighted by Crippen LogP contribution is -2.21. The second-order valence-electron chi connectivity index (χ2n) is 3.63. The van der Waals surface area contributed by atoms with Crippen LogP contribution in [0.4, 0.5) is 5.69 Å². The summed E-state index contributed by atoms with van der Waals surface area (Å²) in [5.74, 6) is -0.0465. The van der Waals surface area contributed by atoms with Crippen molar-refractivity contribution in [3.05, 3.63) is 23.8 Å². The average Bonchev–Trinajstić information content (AvgIpc) is 2.28. The third-order valence-corrected chi connectivity index (χ3v) is 3.13. The molecule has 0 radical (unpaired) electrons. The topological polar surface area (TPSA) is 104 Å². The first-order valence-electron chi connectivity index (χ1n) is 4.99. The maximum absolute atomic E-state index is 10.7. The van der Waals surface area contributed by atoms with Crippen LogP contribution in [0.15, 0.2) is 18.2 Å². The molecule has 0 spiro atoms. The molecule has 0 aliphatic carbocycles. The van der Waals surface area contributed by atoms with Crippen molar-refractivity contribution in [2.45, 2.75) is 19.1 Å². The lowest BCUT2D eigenvalue weighted by Gasteiger charge is -2.17. The summed E-state index contributed by atoms with van der Waals surface area (Å²) < 4.78 is 0. The number of anilines is 1. The second-order valence-corrected chi connectivity index (χ2v) is 4.83. The molecule has 5 N–H and O–H groups in total. The molecular weight excluding hydrogens is 242 g/mol. The lowest BCUT2D eigenvalue weighted by atomic mass is 10.0. The molecule has 0 fully saturated rings. The number of phenols is 1. The number of hydrogen-bond acceptors (Lipinski definition) is 6. The average molecular weight is 257 g/mol. The molecule has 0 aliphatic rings. The van der Waals surface area contributed by atoms with Crippen molar-refractivity contribution < 1.29 is 20.1 Å². The SMILES string of the molecule is CC(=O)SCC(O)C(O)c1ccc(N)c(O)c1. The van der Waals surface area contributed by atoms with Gasteiger partial charge in [-0.15, -0.1) is 0 Å². The molecule has 5 nitrogen and oxygen atoms in total. The second kappa shape index (κ2) is 5.90. The minimum Gasteiger partial charge on any atom is -0.506 e. The summed E-state index contributed by atoms with van der Waals surface area (Å²) in [7, 11) is 0. The van der Waals surface area contributed by atoms with E-state index >= 15 is 0 Å². The Morgan fingerprint density at radius 3 is 2.65 bits per heavy atom. The van der Waals surface area contributed by atoms with Gasteiger partial charge in [-0.2, -0.15) is 0 Å². The van der Waals surface area contributed by atoms with E-state index in [-0.39, 0.29) is 22.3 Å². The number of aliphatic hydroxyl groups is 2. The van der Waals surface area contributed by atoms with Crippen LogP contribution in [-0.2, 0) is 4.79 Å². The summed E-state index contributed by atoms with van der Waals surface area (Å²) in [5, 5.41) is 28.7. The van der Waals surface area contributed by atoms with Gasteiger partial charge in [0.15, 0.2) is 5.12 Å². The number of carbonyl (C=O) groups excluding carboxylic acids is 1. The molecule has 1 aromatic rings. The Balaban J connectivity index is 2.70. The molecule has 0 amide bonds. The summed E-state index contributed by atoms with van der Waals surface area (Å²) in [6.07, 6.45) is -2.24. The van der Waals surface area contributed by atoms with E-state index in [2.05, 4.69) is 0 Å². The van der Waals surface area contributed by atoms with Crippen molar-refractivity contribution in [2.24, 2.45) is 0 Å². The Bertz CT molecular complexity index is 410. The molecule has 0 aliphatic heterocycles. The maximum Gasteiger partial charge on any atom is 0.185 e. The number of benzene rings is 1. The summed E-state index contributed by atoms with van der Waals surface area (Å²) in [5.41, 5.74) is 5.98. The van der Waals surface area contributed by atoms with Gasteiger partial charge in [-0.1, -0.05) is 17.8 Å². The first kappa shape index (κ1) is 13.8. The quantitative estimate of drug-likeness (QED) is 0.466. The molecule has 2 atom stereocenters. The summed E-state index contributed by atoms with van der Waals surface area (Å²) in [4.78, 5) is 10.7. The van der Waals surface area contributed by atoms with Crippen molar-refractivity contribution >= 4 is 22.6 Å². The third-order valence-electron chi connectivity index (χ3n) is 2.22. The van der Waals surface area contributed by atoms with E-state index < -0.39 is 12.2 Å². The number of aromatic hydroxyl groups is 1. The van der Waals surface area contributed by atoms with Crippen LogP contribution in [0.1, 0.15) is 18.6 Å². The van der Waals surface area contributed by atoms with Gasteiger partial charge in [0.25, 0.3) is 0 Å². The van der Waals surface area contributed by atoms with Crippen molar-refractivity contribution in [2.75, 3.05) is 11.5 Å². The molecule has 0 aromatic heterocycles. The van der Waals surface area contributed by atoms with E-state index in [4.69, 9.17) is 5.73 Å². The number of nitrogen functional groups attached to an aromatic ring is 1. The number of phenolic OH excluding ortho intramolecular Hbond substituents is 1. The van der Waals surface area contributed by atoms with Gasteiger partial charge in [-0.3, -0.25) is 4.79 Å². The monoisotopic (exact) mass is 257 g/mol. The van der Waals surface area contributed by atoms with Crippen molar-refractivity contribution in [1.29, 1.82) is 0 Å². The van der Waals surface area contributed by atoms with Gasteiger partial charge in [0, 0.05) is 12.7 Å². The normalized spacial score (nSPS) is 14.3. The standard InChI is InChI=1S/C11H15NO4S/c1-6(13)17-5-10(15)11(16)7-2-3-8(12)9(14)4-7/h2-4,10-11,14-16H,5,12H2,1H3. The van der Waals surface area contributed by atoms with Crippen LogP contribution >= 0.6 is 11.8 Å². The maximum atomic E-state index is 10.7. The van der Waals surface area contributed by atoms with Gasteiger partial charge in [-0.25, -0.2) is 0 Å². The fourth-order valence-corrected chi connectivity index (χ4v) is 1.85. The lowest BCUT2D eigenvalue weighted by molar-refractivity contribution is -0.109. The van der Waals surface area contributed by atoms with Gasteiger partial charge in [0.05, 0.1) is 11.8 Å². The van der Waals surface area contributed by atoms with Crippen LogP contribution in [-0.4, -0.2) is 32.3 Å². The van der Waals surface area contributed by atoms with Crippen molar-refractivity contribution in [3.8, 4) is 5.75 Å². The molecule has 0 heterocycles. The van der Waals surface area contributed by atoms with Crippen LogP contribution in [0.2, 0.25) is 0 Å². The molecule has 6 heteroatoms. The first-order chi connectivity index (χ1) is 7.91. The predicted octanol–water partition coefficient (Wildman–Crippen LogP) is 0.648. The molecule has 1 rings (SSSR count). The highest BCUT2D eigenvalue weighted by Crippen LogP contribution is 2.27. The van der Waals surface area contributed by atoms with Crippen LogP contribution in [0, 0.1) is 0 Å². The Morgan fingerprint density at radius 1 is 1.47 bits per heavy atom. The number of aliphatic hydroxyl groups excluding tert-OH is 2. The number of thioether (sulfide) groups is 1. The zero-order valence-electron chi connectivity index (χ0n) is 9.33. The Labute approximate surface area is 103 Å². The molecular formula is C11H15NO4S. The fraction of sp³-hybridized carbons (Fsp3) is 0.364. The molecule has 94 valence electrons. The van der Waals surface area contributed by atoms with E-state index in [0.717, 1.165) is 11.8 Å². The molecule has 17 heavy (non-hydrogen) atoms. The number of nitrogens with two attached hydrogens (primary N) is 1. The molecule has 0 saturated heterocycles. The summed E-state index contributed by atoms with van der Waals surface area (Å²) >= 11 is 0.934. The first-order valence-corrected chi connectivity index (χ1v) is 5.98. The smallest absolute Gasteiger partial charge is 0.185 e. The van der Waals surface area contributed by atoms with E-state index in [0.29, 0.717) is 5.56 Å². The van der Waals surface area contributed by atoms with Crippen LogP contribution < -0.4 is 5.73 Å². The van der Waals surface area contributed by atoms with Gasteiger partial charge in [-0.05, 0) is 17.7 Å². The highest BCUT2D eigenvalue weighted by atomic mass is 32.2. The fourth-order valence-electron chi connectivity index (χ4n) is 1.26. The number of rotatable bonds is 4. The minimum absolute atomic E-state index is 0.0988. The number of carbonyl (C=O) groups is 1. The Kier molecular flexibility index (Phi) is 4.80. The van der Waals surface area contributed by atoms with Crippen LogP contribution in [0.25, 0.3) is 0 Å². The highest BCUT2D eigenvalue weighted by Gasteiger charge is 2.19. The summed E-state index contributed by atoms with van der Waals surface area (Å²) in [6, 6.07) is 4.25. The van der Waals surface area contributed by atoms with Gasteiger partial charge in [0.2, 0.25) is 0 Å². The zero-order valence-corrected chi connectivity index (χ0v) is 10.1. The van der Waals surface area contributed by atoms with Gasteiger partial charge >= 0.3 is 0 Å². The molecule has 0 saturated carbocycles. The van der Waals surface area contributed by atoms with Gasteiger partial charge in [0.1, 0.15) is 11.9 Å². The van der Waals surface area contributed by atoms with Crippen molar-refractivity contribution in [3.63, 3.8) is 0 Å². The van der Waals surface area contributed by atoms with E-state index in [1.165, 1.54) is 25.1 Å². The Hall–Kier alpha value is -1.24. The van der Waals surface area contributed by atoms with E-state index in [1.54, 1.807) is 0 Å².